The number of piperazine rings is 1. The molecule has 3 atom stereocenters. The Balaban J connectivity index is 2.46. The zero-order chi connectivity index (χ0) is 11.3. The van der Waals surface area contributed by atoms with Gasteiger partial charge in [-0.2, -0.15) is 0 Å². The molecule has 3 unspecified atom stereocenters. The molecule has 1 aliphatic rings. The Kier molecular flexibility index (Phi) is 5.58. The predicted molar refractivity (Wildman–Crippen MR) is 64.2 cm³/mol. The van der Waals surface area contributed by atoms with Crippen molar-refractivity contribution >= 4 is 0 Å². The van der Waals surface area contributed by atoms with E-state index in [1.54, 1.807) is 0 Å². The van der Waals surface area contributed by atoms with Crippen molar-refractivity contribution in [2.24, 2.45) is 0 Å². The Morgan fingerprint density at radius 3 is 2.80 bits per heavy atom. The number of nitrogens with zero attached hydrogens (tertiary/aromatic N) is 1. The minimum absolute atomic E-state index is 0.541. The van der Waals surface area contributed by atoms with Crippen LogP contribution in [0, 0.1) is 0 Å². The monoisotopic (exact) mass is 214 g/mol. The molecule has 1 N–H and O–H groups in total. The van der Waals surface area contributed by atoms with E-state index in [1.807, 2.05) is 0 Å². The molecule has 90 valence electrons. The summed E-state index contributed by atoms with van der Waals surface area (Å²) in [7, 11) is 0. The van der Waals surface area contributed by atoms with Crippen molar-refractivity contribution in [2.75, 3.05) is 26.3 Å². The summed E-state index contributed by atoms with van der Waals surface area (Å²) in [6.07, 6.45) is 1.22. The summed E-state index contributed by atoms with van der Waals surface area (Å²) in [6, 6.07) is 1.83. The number of hydrogen-bond acceptors (Lipinski definition) is 3. The molecule has 0 spiro atoms. The molecule has 0 aromatic rings. The molecule has 1 fully saturated rings. The maximum Gasteiger partial charge on any atom is 0.0619 e. The summed E-state index contributed by atoms with van der Waals surface area (Å²) < 4.78 is 5.51. The van der Waals surface area contributed by atoms with Gasteiger partial charge in [0.2, 0.25) is 0 Å². The number of nitrogens with one attached hydrogen (secondary N) is 1. The number of rotatable bonds is 5. The van der Waals surface area contributed by atoms with Crippen LogP contribution in [0.25, 0.3) is 0 Å². The van der Waals surface area contributed by atoms with E-state index < -0.39 is 0 Å². The van der Waals surface area contributed by atoms with Crippen molar-refractivity contribution in [1.82, 2.24) is 10.2 Å². The largest absolute Gasteiger partial charge is 0.380 e. The molecule has 3 nitrogen and oxygen atoms in total. The van der Waals surface area contributed by atoms with Crippen molar-refractivity contribution in [3.8, 4) is 0 Å². The zero-order valence-corrected chi connectivity index (χ0v) is 10.6. The molecule has 0 bridgehead atoms. The molecular weight excluding hydrogens is 188 g/mol. The van der Waals surface area contributed by atoms with Gasteiger partial charge in [-0.15, -0.1) is 0 Å². The lowest BCUT2D eigenvalue weighted by molar-refractivity contribution is 0.0291. The van der Waals surface area contributed by atoms with E-state index >= 15 is 0 Å². The van der Waals surface area contributed by atoms with Gasteiger partial charge in [0.25, 0.3) is 0 Å². The van der Waals surface area contributed by atoms with Crippen molar-refractivity contribution in [3.05, 3.63) is 0 Å². The fraction of sp³-hybridized carbons (Fsp3) is 1.00. The van der Waals surface area contributed by atoms with Crippen LogP contribution in [-0.4, -0.2) is 49.3 Å². The normalized spacial score (nSPS) is 30.4. The van der Waals surface area contributed by atoms with Crippen LogP contribution < -0.4 is 5.32 Å². The van der Waals surface area contributed by atoms with Crippen molar-refractivity contribution in [1.29, 1.82) is 0 Å². The van der Waals surface area contributed by atoms with E-state index in [0.29, 0.717) is 18.1 Å². The van der Waals surface area contributed by atoms with Crippen LogP contribution in [0.4, 0.5) is 0 Å². The number of ether oxygens (including phenoxy) is 1. The first-order valence-corrected chi connectivity index (χ1v) is 6.25. The smallest absolute Gasteiger partial charge is 0.0619 e. The third kappa shape index (κ3) is 3.74. The van der Waals surface area contributed by atoms with Crippen LogP contribution in [0.3, 0.4) is 0 Å². The molecule has 1 heterocycles. The van der Waals surface area contributed by atoms with E-state index in [-0.39, 0.29) is 0 Å². The Bertz CT molecular complexity index is 175. The highest BCUT2D eigenvalue weighted by atomic mass is 16.5. The Morgan fingerprint density at radius 1 is 1.47 bits per heavy atom. The Labute approximate surface area is 94.2 Å². The van der Waals surface area contributed by atoms with Gasteiger partial charge in [0.15, 0.2) is 0 Å². The molecule has 0 aromatic carbocycles. The highest BCUT2D eigenvalue weighted by molar-refractivity contribution is 4.86. The summed E-state index contributed by atoms with van der Waals surface area (Å²) in [5, 5.41) is 3.54. The van der Waals surface area contributed by atoms with Gasteiger partial charge in [0.1, 0.15) is 0 Å². The third-order valence-corrected chi connectivity index (χ3v) is 3.26. The fourth-order valence-electron chi connectivity index (χ4n) is 2.29. The first-order chi connectivity index (χ1) is 7.19. The Morgan fingerprint density at radius 2 is 2.20 bits per heavy atom. The molecule has 0 amide bonds. The van der Waals surface area contributed by atoms with E-state index in [1.165, 1.54) is 6.42 Å². The van der Waals surface area contributed by atoms with E-state index in [2.05, 4.69) is 37.9 Å². The quantitative estimate of drug-likeness (QED) is 0.750. The lowest BCUT2D eigenvalue weighted by atomic mass is 10.1. The summed E-state index contributed by atoms with van der Waals surface area (Å²) in [5.74, 6) is 0. The minimum atomic E-state index is 0.541. The van der Waals surface area contributed by atoms with Crippen LogP contribution in [-0.2, 0) is 4.74 Å². The van der Waals surface area contributed by atoms with Gasteiger partial charge in [0.05, 0.1) is 6.61 Å². The summed E-state index contributed by atoms with van der Waals surface area (Å²) in [5.41, 5.74) is 0. The maximum atomic E-state index is 5.51. The first-order valence-electron chi connectivity index (χ1n) is 6.25. The molecule has 1 saturated heterocycles. The van der Waals surface area contributed by atoms with Crippen molar-refractivity contribution in [3.63, 3.8) is 0 Å². The van der Waals surface area contributed by atoms with E-state index in [4.69, 9.17) is 4.74 Å². The molecule has 0 radical (unpaired) electrons. The average molecular weight is 214 g/mol. The SMILES string of the molecule is CCOCC(C)N1CC(C)NCC1CC. The van der Waals surface area contributed by atoms with Gasteiger partial charge >= 0.3 is 0 Å². The molecule has 1 rings (SSSR count). The Hall–Kier alpha value is -0.120. The predicted octanol–water partition coefficient (Wildman–Crippen LogP) is 1.48. The fourth-order valence-corrected chi connectivity index (χ4v) is 2.29. The molecule has 3 heteroatoms. The van der Waals surface area contributed by atoms with Gasteiger partial charge in [-0.25, -0.2) is 0 Å². The van der Waals surface area contributed by atoms with Crippen LogP contribution in [0.15, 0.2) is 0 Å². The summed E-state index contributed by atoms with van der Waals surface area (Å²) >= 11 is 0. The highest BCUT2D eigenvalue weighted by Crippen LogP contribution is 2.14. The lowest BCUT2D eigenvalue weighted by Gasteiger charge is -2.42. The maximum absolute atomic E-state index is 5.51. The van der Waals surface area contributed by atoms with Gasteiger partial charge in [0, 0.05) is 37.8 Å². The van der Waals surface area contributed by atoms with E-state index in [0.717, 1.165) is 26.3 Å². The second-order valence-corrected chi connectivity index (χ2v) is 4.58. The lowest BCUT2D eigenvalue weighted by Crippen LogP contribution is -2.58. The van der Waals surface area contributed by atoms with Gasteiger partial charge in [-0.3, -0.25) is 4.90 Å². The summed E-state index contributed by atoms with van der Waals surface area (Å²) in [4.78, 5) is 2.59. The topological polar surface area (TPSA) is 24.5 Å². The summed E-state index contributed by atoms with van der Waals surface area (Å²) in [6.45, 7) is 12.8. The number of hydrogen-bond donors (Lipinski definition) is 1. The van der Waals surface area contributed by atoms with Gasteiger partial charge < -0.3 is 10.1 Å². The average Bonchev–Trinajstić information content (AvgIpc) is 2.25. The highest BCUT2D eigenvalue weighted by Gasteiger charge is 2.27. The molecule has 15 heavy (non-hydrogen) atoms. The van der Waals surface area contributed by atoms with Gasteiger partial charge in [-0.05, 0) is 27.2 Å². The second kappa shape index (κ2) is 6.46. The zero-order valence-electron chi connectivity index (χ0n) is 10.6. The van der Waals surface area contributed by atoms with Crippen LogP contribution in [0.2, 0.25) is 0 Å². The van der Waals surface area contributed by atoms with Gasteiger partial charge in [-0.1, -0.05) is 6.92 Å². The molecule has 0 aliphatic carbocycles. The molecule has 1 aliphatic heterocycles. The van der Waals surface area contributed by atoms with Crippen LogP contribution in [0.1, 0.15) is 34.1 Å². The minimum Gasteiger partial charge on any atom is -0.380 e. The second-order valence-electron chi connectivity index (χ2n) is 4.58. The van der Waals surface area contributed by atoms with Crippen molar-refractivity contribution in [2.45, 2.75) is 52.2 Å². The molecular formula is C12H26N2O. The van der Waals surface area contributed by atoms with E-state index in [9.17, 15) is 0 Å². The first kappa shape index (κ1) is 12.9. The van der Waals surface area contributed by atoms with Crippen LogP contribution >= 0.6 is 0 Å². The molecule has 0 saturated carbocycles. The third-order valence-electron chi connectivity index (χ3n) is 3.26. The molecule has 0 aromatic heterocycles. The van der Waals surface area contributed by atoms with Crippen LogP contribution in [0.5, 0.6) is 0 Å². The van der Waals surface area contributed by atoms with Crippen molar-refractivity contribution < 1.29 is 4.74 Å². The standard InChI is InChI=1S/C12H26N2O/c1-5-12-7-13-10(3)8-14(12)11(4)9-15-6-2/h10-13H,5-9H2,1-4H3.